The van der Waals surface area contributed by atoms with E-state index in [0.29, 0.717) is 33.6 Å². The molecule has 0 bridgehead atoms. The average Bonchev–Trinajstić information content (AvgIpc) is 3.10. The van der Waals surface area contributed by atoms with E-state index in [1.807, 2.05) is 31.2 Å². The van der Waals surface area contributed by atoms with E-state index in [1.165, 1.54) is 12.1 Å². The number of fused-ring (bicyclic) bond motifs is 1. The zero-order chi connectivity index (χ0) is 20.5. The van der Waals surface area contributed by atoms with Gasteiger partial charge in [-0.1, -0.05) is 35.0 Å². The molecule has 29 heavy (non-hydrogen) atoms. The third-order valence-corrected chi connectivity index (χ3v) is 4.52. The second kappa shape index (κ2) is 7.16. The number of nitrogens with one attached hydrogen (secondary N) is 1. The van der Waals surface area contributed by atoms with Crippen molar-refractivity contribution in [2.24, 2.45) is 0 Å². The van der Waals surface area contributed by atoms with Gasteiger partial charge in [0.15, 0.2) is 0 Å². The monoisotopic (exact) mass is 388 g/mol. The fraction of sp³-hybridized carbons (Fsp3) is 0.0952. The van der Waals surface area contributed by atoms with Crippen LogP contribution in [0.4, 0.5) is 11.4 Å². The van der Waals surface area contributed by atoms with E-state index in [0.717, 1.165) is 5.56 Å². The number of carbonyl (C=O) groups is 1. The third-order valence-electron chi connectivity index (χ3n) is 4.52. The molecule has 144 valence electrons. The number of hydrogen-bond donors (Lipinski definition) is 1. The highest BCUT2D eigenvalue weighted by atomic mass is 16.6. The lowest BCUT2D eigenvalue weighted by Crippen LogP contribution is -2.13. The van der Waals surface area contributed by atoms with Crippen molar-refractivity contribution in [2.75, 3.05) is 5.32 Å². The summed E-state index contributed by atoms with van der Waals surface area (Å²) in [5.74, 6) is -0.348. The summed E-state index contributed by atoms with van der Waals surface area (Å²) >= 11 is 0. The molecule has 0 saturated carbocycles. The number of amides is 1. The molecular formula is C21H16N4O4. The van der Waals surface area contributed by atoms with Crippen LogP contribution in [0, 0.1) is 24.0 Å². The van der Waals surface area contributed by atoms with Gasteiger partial charge in [0.05, 0.1) is 27.3 Å². The molecule has 0 unspecified atom stereocenters. The maximum Gasteiger partial charge on any atom is 0.270 e. The number of nitro benzene ring substituents is 1. The first-order valence-electron chi connectivity index (χ1n) is 8.82. The van der Waals surface area contributed by atoms with Crippen LogP contribution in [0.15, 0.2) is 59.1 Å². The minimum Gasteiger partial charge on any atom is -0.335 e. The van der Waals surface area contributed by atoms with Crippen molar-refractivity contribution < 1.29 is 14.2 Å². The predicted molar refractivity (Wildman–Crippen MR) is 108 cm³/mol. The quantitative estimate of drug-likeness (QED) is 0.402. The Labute approximate surface area is 165 Å². The van der Waals surface area contributed by atoms with E-state index < -0.39 is 4.92 Å². The Morgan fingerprint density at radius 2 is 1.86 bits per heavy atom. The van der Waals surface area contributed by atoms with Crippen LogP contribution in [-0.2, 0) is 0 Å². The van der Waals surface area contributed by atoms with E-state index in [4.69, 9.17) is 4.52 Å². The normalized spacial score (nSPS) is 10.8. The van der Waals surface area contributed by atoms with E-state index in [9.17, 15) is 14.9 Å². The molecule has 0 aliphatic carbocycles. The molecule has 8 heteroatoms. The van der Waals surface area contributed by atoms with E-state index in [1.54, 1.807) is 25.1 Å². The molecule has 1 amide bonds. The number of rotatable bonds is 4. The molecule has 0 fully saturated rings. The second-order valence-corrected chi connectivity index (χ2v) is 6.63. The summed E-state index contributed by atoms with van der Waals surface area (Å²) < 4.78 is 5.27. The number of aromatic nitrogens is 2. The van der Waals surface area contributed by atoms with Gasteiger partial charge in [-0.15, -0.1) is 0 Å². The van der Waals surface area contributed by atoms with E-state index in [-0.39, 0.29) is 17.3 Å². The molecule has 1 N–H and O–H groups in total. The van der Waals surface area contributed by atoms with Gasteiger partial charge in [0.2, 0.25) is 0 Å². The molecule has 8 nitrogen and oxygen atoms in total. The standard InChI is InChI=1S/C21H16N4O4/c1-12-6-8-15(9-7-12)22-20(26)17-11-18(23-21-19(17)13(2)24-29-21)14-4-3-5-16(10-14)25(27)28/h3-11H,1-2H3,(H,22,26). The van der Waals surface area contributed by atoms with Crippen molar-refractivity contribution in [1.29, 1.82) is 0 Å². The first-order valence-corrected chi connectivity index (χ1v) is 8.82. The summed E-state index contributed by atoms with van der Waals surface area (Å²) in [7, 11) is 0. The Morgan fingerprint density at radius 1 is 1.10 bits per heavy atom. The van der Waals surface area contributed by atoms with Crippen molar-refractivity contribution in [3.05, 3.63) is 81.5 Å². The molecule has 0 saturated heterocycles. The lowest BCUT2D eigenvalue weighted by Gasteiger charge is -2.09. The van der Waals surface area contributed by atoms with Gasteiger partial charge in [-0.3, -0.25) is 14.9 Å². The van der Waals surface area contributed by atoms with Crippen LogP contribution in [-0.4, -0.2) is 21.0 Å². The van der Waals surface area contributed by atoms with Crippen molar-refractivity contribution in [3.8, 4) is 11.3 Å². The molecule has 2 aromatic heterocycles. The van der Waals surface area contributed by atoms with E-state index >= 15 is 0 Å². The number of hydrogen-bond acceptors (Lipinski definition) is 6. The summed E-state index contributed by atoms with van der Waals surface area (Å²) in [5.41, 5.74) is 3.60. The Balaban J connectivity index is 1.81. The maximum absolute atomic E-state index is 13.0. The zero-order valence-corrected chi connectivity index (χ0v) is 15.7. The van der Waals surface area contributed by atoms with E-state index in [2.05, 4.69) is 15.5 Å². The minimum atomic E-state index is -0.481. The van der Waals surface area contributed by atoms with Crippen LogP contribution in [0.3, 0.4) is 0 Å². The van der Waals surface area contributed by atoms with Gasteiger partial charge < -0.3 is 9.84 Å². The third kappa shape index (κ3) is 3.55. The van der Waals surface area contributed by atoms with Crippen molar-refractivity contribution in [2.45, 2.75) is 13.8 Å². The molecule has 0 aliphatic rings. The van der Waals surface area contributed by atoms with Crippen LogP contribution in [0.1, 0.15) is 21.6 Å². The molecule has 2 heterocycles. The molecular weight excluding hydrogens is 372 g/mol. The van der Waals surface area contributed by atoms with Gasteiger partial charge in [-0.05, 0) is 32.0 Å². The predicted octanol–water partition coefficient (Wildman–Crippen LogP) is 4.67. The molecule has 0 radical (unpaired) electrons. The van der Waals surface area contributed by atoms with Crippen molar-refractivity contribution in [3.63, 3.8) is 0 Å². The second-order valence-electron chi connectivity index (χ2n) is 6.63. The Morgan fingerprint density at radius 3 is 2.59 bits per heavy atom. The fourth-order valence-electron chi connectivity index (χ4n) is 3.04. The van der Waals surface area contributed by atoms with Crippen LogP contribution in [0.2, 0.25) is 0 Å². The molecule has 0 spiro atoms. The summed E-state index contributed by atoms with van der Waals surface area (Å²) in [6.45, 7) is 3.69. The number of carbonyl (C=O) groups excluding carboxylic acids is 1. The van der Waals surface area contributed by atoms with Gasteiger partial charge in [0, 0.05) is 23.4 Å². The smallest absolute Gasteiger partial charge is 0.270 e. The Kier molecular flexibility index (Phi) is 4.52. The number of aryl methyl sites for hydroxylation is 2. The summed E-state index contributed by atoms with van der Waals surface area (Å²) in [5, 5.41) is 18.4. The van der Waals surface area contributed by atoms with Crippen LogP contribution in [0.25, 0.3) is 22.4 Å². The highest BCUT2D eigenvalue weighted by Gasteiger charge is 2.20. The first-order chi connectivity index (χ1) is 13.9. The first kappa shape index (κ1) is 18.3. The lowest BCUT2D eigenvalue weighted by atomic mass is 10.0. The summed E-state index contributed by atoms with van der Waals surface area (Å²) in [4.78, 5) is 28.0. The average molecular weight is 388 g/mol. The minimum absolute atomic E-state index is 0.0659. The molecule has 0 atom stereocenters. The maximum atomic E-state index is 13.0. The number of benzene rings is 2. The molecule has 4 rings (SSSR count). The number of non-ortho nitro benzene ring substituents is 1. The SMILES string of the molecule is Cc1ccc(NC(=O)c2cc(-c3cccc([N+](=O)[O-])c3)nc3onc(C)c23)cc1. The Hall–Kier alpha value is -4.07. The Bertz CT molecular complexity index is 1250. The highest BCUT2D eigenvalue weighted by molar-refractivity contribution is 6.13. The largest absolute Gasteiger partial charge is 0.335 e. The topological polar surface area (TPSA) is 111 Å². The summed E-state index contributed by atoms with van der Waals surface area (Å²) in [6, 6.07) is 15.1. The summed E-state index contributed by atoms with van der Waals surface area (Å²) in [6.07, 6.45) is 0. The zero-order valence-electron chi connectivity index (χ0n) is 15.7. The fourth-order valence-corrected chi connectivity index (χ4v) is 3.04. The van der Waals surface area contributed by atoms with Crippen LogP contribution in [0.5, 0.6) is 0 Å². The van der Waals surface area contributed by atoms with Crippen LogP contribution >= 0.6 is 0 Å². The number of anilines is 1. The molecule has 0 aliphatic heterocycles. The van der Waals surface area contributed by atoms with Crippen molar-refractivity contribution in [1.82, 2.24) is 10.1 Å². The van der Waals surface area contributed by atoms with Crippen LogP contribution < -0.4 is 5.32 Å². The van der Waals surface area contributed by atoms with Gasteiger partial charge >= 0.3 is 0 Å². The van der Waals surface area contributed by atoms with Gasteiger partial charge in [0.1, 0.15) is 0 Å². The lowest BCUT2D eigenvalue weighted by molar-refractivity contribution is -0.384. The van der Waals surface area contributed by atoms with Gasteiger partial charge in [0.25, 0.3) is 17.3 Å². The van der Waals surface area contributed by atoms with Gasteiger partial charge in [-0.2, -0.15) is 0 Å². The molecule has 2 aromatic carbocycles. The molecule has 4 aromatic rings. The highest BCUT2D eigenvalue weighted by Crippen LogP contribution is 2.29. The van der Waals surface area contributed by atoms with Gasteiger partial charge in [-0.25, -0.2) is 4.98 Å². The number of pyridine rings is 1. The number of nitro groups is 1. The van der Waals surface area contributed by atoms with Crippen molar-refractivity contribution >= 4 is 28.4 Å². The number of nitrogens with zero attached hydrogens (tertiary/aromatic N) is 3.